The van der Waals surface area contributed by atoms with E-state index < -0.39 is 0 Å². The van der Waals surface area contributed by atoms with Gasteiger partial charge in [-0.1, -0.05) is 39.7 Å². The van der Waals surface area contributed by atoms with E-state index in [4.69, 9.17) is 11.6 Å². The molecule has 1 aliphatic rings. The van der Waals surface area contributed by atoms with Crippen LogP contribution in [0.4, 0.5) is 11.5 Å². The Kier molecular flexibility index (Phi) is 5.59. The van der Waals surface area contributed by atoms with Crippen LogP contribution in [0.15, 0.2) is 59.1 Å². The number of halogens is 2. The Morgan fingerprint density at radius 1 is 1.00 bits per heavy atom. The molecule has 1 amide bonds. The van der Waals surface area contributed by atoms with Crippen LogP contribution in [-0.2, 0) is 0 Å². The highest BCUT2D eigenvalue weighted by Crippen LogP contribution is 2.24. The van der Waals surface area contributed by atoms with Gasteiger partial charge < -0.3 is 10.2 Å². The molecular weight excluding hydrogens is 440 g/mol. The number of nitrogens with one attached hydrogen (secondary N) is 1. The van der Waals surface area contributed by atoms with E-state index >= 15 is 0 Å². The number of benzene rings is 2. The van der Waals surface area contributed by atoms with Gasteiger partial charge in [0.15, 0.2) is 5.82 Å². The second-order valence-electron chi connectivity index (χ2n) is 6.63. The summed E-state index contributed by atoms with van der Waals surface area (Å²) >= 11 is 9.48. The minimum absolute atomic E-state index is 0.256. The van der Waals surface area contributed by atoms with Crippen molar-refractivity contribution in [3.8, 4) is 11.3 Å². The number of hydrogen-bond acceptors (Lipinski definition) is 4. The zero-order valence-corrected chi connectivity index (χ0v) is 17.4. The summed E-state index contributed by atoms with van der Waals surface area (Å²) in [5.41, 5.74) is 2.85. The Labute approximate surface area is 176 Å². The SMILES string of the molecule is O=C(Nc1ccc(-c2ccc(N3CCCC3)nn2)cc1)c1cc(Br)ccc1Cl. The van der Waals surface area contributed by atoms with E-state index in [1.807, 2.05) is 36.4 Å². The van der Waals surface area contributed by atoms with Crippen LogP contribution < -0.4 is 10.2 Å². The summed E-state index contributed by atoms with van der Waals surface area (Å²) < 4.78 is 0.799. The molecule has 1 saturated heterocycles. The molecule has 1 aromatic heterocycles. The molecule has 0 spiro atoms. The first-order valence-corrected chi connectivity index (χ1v) is 10.2. The van der Waals surface area contributed by atoms with E-state index in [-0.39, 0.29) is 5.91 Å². The smallest absolute Gasteiger partial charge is 0.257 e. The van der Waals surface area contributed by atoms with Crippen molar-refractivity contribution in [2.24, 2.45) is 0 Å². The predicted octanol–water partition coefficient (Wildman–Crippen LogP) is 5.41. The van der Waals surface area contributed by atoms with Gasteiger partial charge in [0.05, 0.1) is 16.3 Å². The molecule has 4 rings (SSSR count). The molecule has 3 aromatic rings. The van der Waals surface area contributed by atoms with Crippen molar-refractivity contribution >= 4 is 44.9 Å². The summed E-state index contributed by atoms with van der Waals surface area (Å²) in [6.45, 7) is 2.09. The van der Waals surface area contributed by atoms with E-state index in [1.165, 1.54) is 12.8 Å². The molecule has 0 bridgehead atoms. The summed E-state index contributed by atoms with van der Waals surface area (Å²) in [6.07, 6.45) is 2.42. The fourth-order valence-electron chi connectivity index (χ4n) is 3.19. The Bertz CT molecular complexity index is 986. The van der Waals surface area contributed by atoms with Gasteiger partial charge in [-0.25, -0.2) is 0 Å². The quantitative estimate of drug-likeness (QED) is 0.569. The molecule has 1 fully saturated rings. The van der Waals surface area contributed by atoms with Gasteiger partial charge in [0.1, 0.15) is 0 Å². The average molecular weight is 458 g/mol. The molecule has 2 heterocycles. The van der Waals surface area contributed by atoms with Crippen molar-refractivity contribution in [1.82, 2.24) is 10.2 Å². The van der Waals surface area contributed by atoms with Crippen molar-refractivity contribution in [3.05, 3.63) is 69.7 Å². The van der Waals surface area contributed by atoms with E-state index in [9.17, 15) is 4.79 Å². The van der Waals surface area contributed by atoms with Gasteiger partial charge >= 0.3 is 0 Å². The van der Waals surface area contributed by atoms with Gasteiger partial charge in [0.25, 0.3) is 5.91 Å². The maximum absolute atomic E-state index is 12.5. The highest BCUT2D eigenvalue weighted by Gasteiger charge is 2.14. The molecule has 0 saturated carbocycles. The number of hydrogen-bond donors (Lipinski definition) is 1. The molecule has 2 aromatic carbocycles. The van der Waals surface area contributed by atoms with E-state index in [0.29, 0.717) is 16.3 Å². The number of aromatic nitrogens is 2. The Hall–Kier alpha value is -2.44. The van der Waals surface area contributed by atoms with Gasteiger partial charge in [-0.3, -0.25) is 4.79 Å². The number of carbonyl (C=O) groups is 1. The number of amides is 1. The Balaban J connectivity index is 1.46. The zero-order valence-electron chi connectivity index (χ0n) is 15.0. The maximum Gasteiger partial charge on any atom is 0.257 e. The lowest BCUT2D eigenvalue weighted by atomic mass is 10.1. The van der Waals surface area contributed by atoms with Crippen molar-refractivity contribution in [3.63, 3.8) is 0 Å². The minimum Gasteiger partial charge on any atom is -0.355 e. The Morgan fingerprint density at radius 2 is 1.75 bits per heavy atom. The maximum atomic E-state index is 12.5. The highest BCUT2D eigenvalue weighted by molar-refractivity contribution is 9.10. The number of carbonyl (C=O) groups excluding carboxylic acids is 1. The van der Waals surface area contributed by atoms with Crippen LogP contribution in [0.25, 0.3) is 11.3 Å². The fraction of sp³-hybridized carbons (Fsp3) is 0.190. The average Bonchev–Trinajstić information content (AvgIpc) is 3.25. The monoisotopic (exact) mass is 456 g/mol. The van der Waals surface area contributed by atoms with Gasteiger partial charge in [0, 0.05) is 28.8 Å². The largest absolute Gasteiger partial charge is 0.355 e. The molecule has 142 valence electrons. The van der Waals surface area contributed by atoms with Gasteiger partial charge in [0.2, 0.25) is 0 Å². The number of anilines is 2. The molecular formula is C21H18BrClN4O. The molecule has 1 N–H and O–H groups in total. The van der Waals surface area contributed by atoms with Crippen LogP contribution in [0.3, 0.4) is 0 Å². The molecule has 7 heteroatoms. The highest BCUT2D eigenvalue weighted by atomic mass is 79.9. The third-order valence-electron chi connectivity index (χ3n) is 4.69. The first-order chi connectivity index (χ1) is 13.6. The second kappa shape index (κ2) is 8.29. The number of rotatable bonds is 4. The fourth-order valence-corrected chi connectivity index (χ4v) is 3.75. The third-order valence-corrected chi connectivity index (χ3v) is 5.51. The van der Waals surface area contributed by atoms with Crippen molar-refractivity contribution in [2.45, 2.75) is 12.8 Å². The van der Waals surface area contributed by atoms with Crippen molar-refractivity contribution in [2.75, 3.05) is 23.3 Å². The molecule has 1 aliphatic heterocycles. The third kappa shape index (κ3) is 4.18. The standard InChI is InChI=1S/C21H18BrClN4O/c22-15-5-8-18(23)17(13-15)21(28)24-16-6-3-14(4-7-16)19-9-10-20(26-25-19)27-11-1-2-12-27/h3-10,13H,1-2,11-12H2,(H,24,28). The lowest BCUT2D eigenvalue weighted by Crippen LogP contribution is -2.19. The van der Waals surface area contributed by atoms with Crippen LogP contribution in [0, 0.1) is 0 Å². The summed E-state index contributed by atoms with van der Waals surface area (Å²) in [6, 6.07) is 16.7. The zero-order chi connectivity index (χ0) is 19.5. The minimum atomic E-state index is -0.256. The first-order valence-electron chi connectivity index (χ1n) is 9.06. The lowest BCUT2D eigenvalue weighted by Gasteiger charge is -2.15. The molecule has 28 heavy (non-hydrogen) atoms. The van der Waals surface area contributed by atoms with Crippen LogP contribution in [-0.4, -0.2) is 29.2 Å². The van der Waals surface area contributed by atoms with Crippen LogP contribution in [0.5, 0.6) is 0 Å². The Morgan fingerprint density at radius 3 is 2.43 bits per heavy atom. The summed E-state index contributed by atoms with van der Waals surface area (Å²) in [4.78, 5) is 14.7. The predicted molar refractivity (Wildman–Crippen MR) is 116 cm³/mol. The first kappa shape index (κ1) is 18.9. The number of nitrogens with zero attached hydrogens (tertiary/aromatic N) is 3. The van der Waals surface area contributed by atoms with Crippen LogP contribution in [0.2, 0.25) is 5.02 Å². The molecule has 0 atom stereocenters. The molecule has 0 aliphatic carbocycles. The molecule has 0 radical (unpaired) electrons. The molecule has 0 unspecified atom stereocenters. The van der Waals surface area contributed by atoms with Gasteiger partial charge in [-0.15, -0.1) is 10.2 Å². The van der Waals surface area contributed by atoms with E-state index in [2.05, 4.69) is 36.3 Å². The molecule has 5 nitrogen and oxygen atoms in total. The van der Waals surface area contributed by atoms with Gasteiger partial charge in [-0.2, -0.15) is 0 Å². The van der Waals surface area contributed by atoms with E-state index in [0.717, 1.165) is 34.6 Å². The van der Waals surface area contributed by atoms with Crippen LogP contribution in [0.1, 0.15) is 23.2 Å². The second-order valence-corrected chi connectivity index (χ2v) is 7.95. The van der Waals surface area contributed by atoms with Crippen molar-refractivity contribution < 1.29 is 4.79 Å². The van der Waals surface area contributed by atoms with Crippen molar-refractivity contribution in [1.29, 1.82) is 0 Å². The van der Waals surface area contributed by atoms with Crippen LogP contribution >= 0.6 is 27.5 Å². The van der Waals surface area contributed by atoms with E-state index in [1.54, 1.807) is 18.2 Å². The topological polar surface area (TPSA) is 58.1 Å². The normalized spacial score (nSPS) is 13.6. The summed E-state index contributed by atoms with van der Waals surface area (Å²) in [5, 5.41) is 12.0. The summed E-state index contributed by atoms with van der Waals surface area (Å²) in [5.74, 6) is 0.671. The lowest BCUT2D eigenvalue weighted by molar-refractivity contribution is 0.102. The van der Waals surface area contributed by atoms with Gasteiger partial charge in [-0.05, 0) is 55.3 Å². The summed E-state index contributed by atoms with van der Waals surface area (Å²) in [7, 11) is 0.